The van der Waals surface area contributed by atoms with Crippen molar-refractivity contribution >= 4 is 18.0 Å². The van der Waals surface area contributed by atoms with Gasteiger partial charge in [0.05, 0.1) is 0 Å². The number of amides is 2. The Bertz CT molecular complexity index is 676. The highest BCUT2D eigenvalue weighted by Gasteiger charge is 2.41. The fraction of sp³-hybridized carbons (Fsp3) is 0.550. The lowest BCUT2D eigenvalue weighted by Crippen LogP contribution is -2.57. The third kappa shape index (κ3) is 5.45. The topological polar surface area (TPSA) is 95.9 Å². The molecule has 0 aromatic heterocycles. The predicted molar refractivity (Wildman–Crippen MR) is 100.0 cm³/mol. The summed E-state index contributed by atoms with van der Waals surface area (Å²) in [5.74, 6) is -1.43. The number of ether oxygens (including phenoxy) is 1. The maximum absolute atomic E-state index is 12.7. The quantitative estimate of drug-likeness (QED) is 0.763. The zero-order valence-electron chi connectivity index (χ0n) is 16.1. The fourth-order valence-electron chi connectivity index (χ4n) is 3.42. The molecule has 0 aliphatic carbocycles. The minimum Gasteiger partial charge on any atom is -0.480 e. The summed E-state index contributed by atoms with van der Waals surface area (Å²) in [4.78, 5) is 38.2. The average Bonchev–Trinajstić information content (AvgIpc) is 3.09. The van der Waals surface area contributed by atoms with E-state index in [-0.39, 0.29) is 12.5 Å². The number of nitrogens with one attached hydrogen (secondary N) is 1. The molecule has 148 valence electrons. The Kier molecular flexibility index (Phi) is 6.82. The molecule has 1 aliphatic heterocycles. The molecule has 27 heavy (non-hydrogen) atoms. The van der Waals surface area contributed by atoms with Gasteiger partial charge in [-0.05, 0) is 37.7 Å². The molecule has 1 aromatic rings. The van der Waals surface area contributed by atoms with Crippen LogP contribution in [0.4, 0.5) is 4.79 Å². The molecule has 1 fully saturated rings. The van der Waals surface area contributed by atoms with Gasteiger partial charge >= 0.3 is 12.1 Å². The van der Waals surface area contributed by atoms with E-state index < -0.39 is 29.6 Å². The van der Waals surface area contributed by atoms with E-state index in [2.05, 4.69) is 5.32 Å². The van der Waals surface area contributed by atoms with Crippen molar-refractivity contribution in [2.45, 2.75) is 58.2 Å². The highest BCUT2D eigenvalue weighted by molar-refractivity contribution is 5.91. The summed E-state index contributed by atoms with van der Waals surface area (Å²) >= 11 is 0. The Labute approximate surface area is 159 Å². The third-order valence-corrected chi connectivity index (χ3v) is 4.68. The highest BCUT2D eigenvalue weighted by atomic mass is 16.6. The van der Waals surface area contributed by atoms with Crippen molar-refractivity contribution in [3.63, 3.8) is 0 Å². The molecule has 7 heteroatoms. The fourth-order valence-corrected chi connectivity index (χ4v) is 3.42. The van der Waals surface area contributed by atoms with E-state index in [9.17, 15) is 19.5 Å². The van der Waals surface area contributed by atoms with Crippen molar-refractivity contribution in [1.29, 1.82) is 0 Å². The monoisotopic (exact) mass is 376 g/mol. The zero-order chi connectivity index (χ0) is 20.0. The molecule has 0 spiro atoms. The molecule has 1 saturated heterocycles. The molecule has 2 amide bonds. The van der Waals surface area contributed by atoms with Crippen molar-refractivity contribution in [2.75, 3.05) is 6.54 Å². The van der Waals surface area contributed by atoms with E-state index in [1.807, 2.05) is 44.2 Å². The first-order valence-corrected chi connectivity index (χ1v) is 9.25. The molecule has 1 aliphatic rings. The second-order valence-corrected chi connectivity index (χ2v) is 7.62. The molecule has 2 rings (SSSR count). The first-order chi connectivity index (χ1) is 12.7. The Morgan fingerprint density at radius 1 is 1.30 bits per heavy atom. The minimum atomic E-state index is -1.37. The van der Waals surface area contributed by atoms with Crippen molar-refractivity contribution in [1.82, 2.24) is 10.2 Å². The third-order valence-electron chi connectivity index (χ3n) is 4.68. The summed E-state index contributed by atoms with van der Waals surface area (Å²) in [5, 5.41) is 12.2. The highest BCUT2D eigenvalue weighted by Crippen LogP contribution is 2.22. The minimum absolute atomic E-state index is 0.0990. The Morgan fingerprint density at radius 3 is 2.56 bits per heavy atom. The number of nitrogens with zero attached hydrogens (tertiary/aromatic N) is 1. The normalized spacial score (nSPS) is 18.8. The van der Waals surface area contributed by atoms with Gasteiger partial charge in [-0.25, -0.2) is 9.59 Å². The SMILES string of the molecule is CC(C)C[C@](C)(NC(=O)[C@@H]1CCCN1C(=O)OCc1ccccc1)C(=O)O. The summed E-state index contributed by atoms with van der Waals surface area (Å²) < 4.78 is 5.33. The van der Waals surface area contributed by atoms with E-state index in [1.165, 1.54) is 11.8 Å². The molecule has 2 atom stereocenters. The summed E-state index contributed by atoms with van der Waals surface area (Å²) in [7, 11) is 0. The maximum Gasteiger partial charge on any atom is 0.410 e. The molecular weight excluding hydrogens is 348 g/mol. The number of benzene rings is 1. The van der Waals surface area contributed by atoms with E-state index in [0.29, 0.717) is 25.8 Å². The first-order valence-electron chi connectivity index (χ1n) is 9.25. The smallest absolute Gasteiger partial charge is 0.410 e. The molecule has 0 bridgehead atoms. The van der Waals surface area contributed by atoms with Crippen molar-refractivity contribution < 1.29 is 24.2 Å². The summed E-state index contributed by atoms with van der Waals surface area (Å²) in [5.41, 5.74) is -0.505. The largest absolute Gasteiger partial charge is 0.480 e. The summed E-state index contributed by atoms with van der Waals surface area (Å²) in [6, 6.07) is 8.59. The van der Waals surface area contributed by atoms with Gasteiger partial charge in [0.2, 0.25) is 5.91 Å². The zero-order valence-corrected chi connectivity index (χ0v) is 16.1. The van der Waals surface area contributed by atoms with Gasteiger partial charge in [0.1, 0.15) is 18.2 Å². The number of carboxylic acid groups (broad SMARTS) is 1. The van der Waals surface area contributed by atoms with Crippen LogP contribution in [-0.4, -0.2) is 46.1 Å². The number of carbonyl (C=O) groups excluding carboxylic acids is 2. The van der Waals surface area contributed by atoms with Crippen LogP contribution in [0.3, 0.4) is 0 Å². The van der Waals surface area contributed by atoms with Crippen molar-refractivity contribution in [3.05, 3.63) is 35.9 Å². The number of hydrogen-bond donors (Lipinski definition) is 2. The van der Waals surface area contributed by atoms with Gasteiger partial charge in [-0.3, -0.25) is 9.69 Å². The number of aliphatic carboxylic acids is 1. The maximum atomic E-state index is 12.7. The van der Waals surface area contributed by atoms with Crippen LogP contribution in [0.5, 0.6) is 0 Å². The van der Waals surface area contributed by atoms with Crippen LogP contribution in [0.2, 0.25) is 0 Å². The second kappa shape index (κ2) is 8.88. The van der Waals surface area contributed by atoms with Crippen LogP contribution in [0.15, 0.2) is 30.3 Å². The number of rotatable bonds is 7. The molecule has 0 radical (unpaired) electrons. The molecular formula is C20H28N2O5. The van der Waals surface area contributed by atoms with E-state index in [1.54, 1.807) is 0 Å². The summed E-state index contributed by atoms with van der Waals surface area (Å²) in [6.45, 7) is 5.84. The van der Waals surface area contributed by atoms with Crippen molar-refractivity contribution in [2.24, 2.45) is 5.92 Å². The molecule has 1 heterocycles. The van der Waals surface area contributed by atoms with Crippen LogP contribution in [0.25, 0.3) is 0 Å². The van der Waals surface area contributed by atoms with Crippen LogP contribution >= 0.6 is 0 Å². The predicted octanol–water partition coefficient (Wildman–Crippen LogP) is 2.79. The van der Waals surface area contributed by atoms with Gasteiger partial charge in [0, 0.05) is 6.54 Å². The average molecular weight is 376 g/mol. The Balaban J connectivity index is 2.00. The van der Waals surface area contributed by atoms with E-state index in [4.69, 9.17) is 4.74 Å². The standard InChI is InChI=1S/C20H28N2O5/c1-14(2)12-20(3,18(24)25)21-17(23)16-10-7-11-22(16)19(26)27-13-15-8-5-4-6-9-15/h4-6,8-9,14,16H,7,10-13H2,1-3H3,(H,21,23)(H,24,25)/t16-,20-/m0/s1. The first kappa shape index (κ1) is 20.7. The lowest BCUT2D eigenvalue weighted by Gasteiger charge is -2.31. The lowest BCUT2D eigenvalue weighted by molar-refractivity contribution is -0.148. The van der Waals surface area contributed by atoms with Gasteiger partial charge in [-0.15, -0.1) is 0 Å². The number of carboxylic acids is 1. The van der Waals surface area contributed by atoms with Crippen molar-refractivity contribution in [3.8, 4) is 0 Å². The second-order valence-electron chi connectivity index (χ2n) is 7.62. The number of hydrogen-bond acceptors (Lipinski definition) is 4. The van der Waals surface area contributed by atoms with Gasteiger partial charge in [0.25, 0.3) is 0 Å². The number of likely N-dealkylation sites (tertiary alicyclic amines) is 1. The van der Waals surface area contributed by atoms with Gasteiger partial charge in [-0.2, -0.15) is 0 Å². The number of carbonyl (C=O) groups is 3. The van der Waals surface area contributed by atoms with Crippen LogP contribution in [0.1, 0.15) is 45.6 Å². The van der Waals surface area contributed by atoms with E-state index >= 15 is 0 Å². The van der Waals surface area contributed by atoms with Gasteiger partial charge < -0.3 is 15.2 Å². The van der Waals surface area contributed by atoms with Gasteiger partial charge in [0.15, 0.2) is 0 Å². The van der Waals surface area contributed by atoms with Gasteiger partial charge in [-0.1, -0.05) is 44.2 Å². The Morgan fingerprint density at radius 2 is 1.96 bits per heavy atom. The van der Waals surface area contributed by atoms with E-state index in [0.717, 1.165) is 5.56 Å². The van der Waals surface area contributed by atoms with Crippen LogP contribution < -0.4 is 5.32 Å². The molecule has 2 N–H and O–H groups in total. The molecule has 7 nitrogen and oxygen atoms in total. The molecule has 0 saturated carbocycles. The molecule has 0 unspecified atom stereocenters. The molecule has 1 aromatic carbocycles. The Hall–Kier alpha value is -2.57. The summed E-state index contributed by atoms with van der Waals surface area (Å²) in [6.07, 6.45) is 0.910. The lowest BCUT2D eigenvalue weighted by atomic mass is 9.90. The van der Waals surface area contributed by atoms with Crippen LogP contribution in [-0.2, 0) is 20.9 Å². The van der Waals surface area contributed by atoms with Crippen LogP contribution in [0, 0.1) is 5.92 Å².